The van der Waals surface area contributed by atoms with E-state index < -0.39 is 6.10 Å². The van der Waals surface area contributed by atoms with Gasteiger partial charge in [-0.3, -0.25) is 0 Å². The highest BCUT2D eigenvalue weighted by molar-refractivity contribution is 5.92. The van der Waals surface area contributed by atoms with E-state index in [0.717, 1.165) is 5.71 Å². The van der Waals surface area contributed by atoms with Crippen LogP contribution in [0.15, 0.2) is 5.16 Å². The van der Waals surface area contributed by atoms with E-state index in [1.807, 2.05) is 0 Å². The molecule has 3 atom stereocenters. The van der Waals surface area contributed by atoms with Crippen LogP contribution in [0.4, 0.5) is 0 Å². The van der Waals surface area contributed by atoms with Crippen molar-refractivity contribution >= 4 is 5.71 Å². The average molecular weight is 185 g/mol. The molecular weight excluding hydrogens is 166 g/mol. The molecule has 0 fully saturated rings. The van der Waals surface area contributed by atoms with Crippen molar-refractivity contribution in [3.63, 3.8) is 0 Å². The molecule has 76 valence electrons. The van der Waals surface area contributed by atoms with E-state index in [0.29, 0.717) is 0 Å². The van der Waals surface area contributed by atoms with Gasteiger partial charge in [-0.15, -0.1) is 0 Å². The van der Waals surface area contributed by atoms with Crippen LogP contribution in [0.3, 0.4) is 0 Å². The van der Waals surface area contributed by atoms with Gasteiger partial charge in [0.2, 0.25) is 0 Å². The first kappa shape index (κ1) is 10.5. The maximum absolute atomic E-state index is 9.41. The monoisotopic (exact) mass is 185 g/mol. The van der Waals surface area contributed by atoms with Crippen molar-refractivity contribution in [2.75, 3.05) is 0 Å². The Morgan fingerprint density at radius 2 is 2.00 bits per heavy atom. The molecule has 0 spiro atoms. The summed E-state index contributed by atoms with van der Waals surface area (Å²) in [7, 11) is 0. The summed E-state index contributed by atoms with van der Waals surface area (Å²) in [6.45, 7) is 10.1. The quantitative estimate of drug-likeness (QED) is 0.677. The number of aliphatic hydroxyl groups is 1. The van der Waals surface area contributed by atoms with Gasteiger partial charge in [-0.25, -0.2) is 0 Å². The minimum absolute atomic E-state index is 0.0308. The lowest BCUT2D eigenvalue weighted by atomic mass is 9.80. The molecule has 0 aliphatic carbocycles. The van der Waals surface area contributed by atoms with Gasteiger partial charge < -0.3 is 9.94 Å². The summed E-state index contributed by atoms with van der Waals surface area (Å²) in [6.07, 6.45) is -0.632. The van der Waals surface area contributed by atoms with E-state index in [9.17, 15) is 5.11 Å². The van der Waals surface area contributed by atoms with Crippen LogP contribution in [-0.4, -0.2) is 23.0 Å². The number of aliphatic hydroxyl groups excluding tert-OH is 1. The van der Waals surface area contributed by atoms with Gasteiger partial charge in [-0.05, 0) is 6.92 Å². The number of hydrogen-bond donors (Lipinski definition) is 1. The third-order valence-electron chi connectivity index (χ3n) is 2.44. The van der Waals surface area contributed by atoms with Gasteiger partial charge in [0, 0.05) is 11.3 Å². The van der Waals surface area contributed by atoms with Crippen LogP contribution in [0, 0.1) is 11.3 Å². The third-order valence-corrected chi connectivity index (χ3v) is 2.44. The highest BCUT2D eigenvalue weighted by Gasteiger charge is 2.38. The van der Waals surface area contributed by atoms with Crippen LogP contribution in [0.2, 0.25) is 0 Å². The minimum Gasteiger partial charge on any atom is -0.389 e. The predicted octanol–water partition coefficient (Wildman–Crippen LogP) is 1.80. The zero-order chi connectivity index (χ0) is 10.2. The van der Waals surface area contributed by atoms with Gasteiger partial charge in [-0.1, -0.05) is 32.9 Å². The van der Waals surface area contributed by atoms with E-state index >= 15 is 0 Å². The highest BCUT2D eigenvalue weighted by atomic mass is 16.7. The molecule has 1 heterocycles. The first-order valence-corrected chi connectivity index (χ1v) is 4.76. The Balaban J connectivity index is 2.74. The second kappa shape index (κ2) is 3.29. The molecule has 0 aromatic carbocycles. The molecule has 3 nitrogen and oxygen atoms in total. The Labute approximate surface area is 79.8 Å². The Bertz CT molecular complexity index is 215. The lowest BCUT2D eigenvalue weighted by Gasteiger charge is -2.23. The molecule has 0 bridgehead atoms. The third kappa shape index (κ3) is 2.02. The normalized spacial score (nSPS) is 31.1. The van der Waals surface area contributed by atoms with E-state index in [1.54, 1.807) is 6.92 Å². The van der Waals surface area contributed by atoms with Crippen molar-refractivity contribution < 1.29 is 9.94 Å². The fourth-order valence-electron chi connectivity index (χ4n) is 1.77. The van der Waals surface area contributed by atoms with Gasteiger partial charge in [0.05, 0.1) is 11.8 Å². The summed E-state index contributed by atoms with van der Waals surface area (Å²) in [5.74, 6) is 0.208. The summed E-state index contributed by atoms with van der Waals surface area (Å²) in [5, 5.41) is 13.5. The van der Waals surface area contributed by atoms with E-state index in [1.165, 1.54) is 0 Å². The second-order valence-electron chi connectivity index (χ2n) is 4.83. The average Bonchev–Trinajstić information content (AvgIpc) is 2.28. The zero-order valence-corrected chi connectivity index (χ0v) is 9.03. The lowest BCUT2D eigenvalue weighted by Crippen LogP contribution is -2.35. The van der Waals surface area contributed by atoms with Crippen LogP contribution in [0.1, 0.15) is 34.6 Å². The standard InChI is InChI=1S/C10H19NO2/c1-6-8(7(2)12)13-11-9(6)10(3,4)5/h6-8,12H,1-5H3/t6-,7+,8-/m0/s1. The molecule has 3 heteroatoms. The highest BCUT2D eigenvalue weighted by Crippen LogP contribution is 2.31. The van der Waals surface area contributed by atoms with E-state index in [2.05, 4.69) is 32.9 Å². The summed E-state index contributed by atoms with van der Waals surface area (Å²) in [5.41, 5.74) is 1.07. The Hall–Kier alpha value is -0.570. The summed E-state index contributed by atoms with van der Waals surface area (Å²) < 4.78 is 0. The van der Waals surface area contributed by atoms with Crippen LogP contribution in [0.5, 0.6) is 0 Å². The molecule has 0 saturated carbocycles. The largest absolute Gasteiger partial charge is 0.389 e. The minimum atomic E-state index is -0.460. The first-order valence-electron chi connectivity index (χ1n) is 4.76. The Morgan fingerprint density at radius 1 is 1.46 bits per heavy atom. The van der Waals surface area contributed by atoms with Gasteiger partial charge in [-0.2, -0.15) is 0 Å². The molecule has 0 amide bonds. The fraction of sp³-hybridized carbons (Fsp3) is 0.900. The molecule has 1 aliphatic rings. The zero-order valence-electron chi connectivity index (χ0n) is 9.03. The predicted molar refractivity (Wildman–Crippen MR) is 52.6 cm³/mol. The maximum Gasteiger partial charge on any atom is 0.160 e. The van der Waals surface area contributed by atoms with Crippen molar-refractivity contribution in [1.29, 1.82) is 0 Å². The summed E-state index contributed by atoms with van der Waals surface area (Å²) in [6, 6.07) is 0. The SMILES string of the molecule is C[C@@H]1C(C(C)(C)C)=NO[C@@H]1[C@@H](C)O. The lowest BCUT2D eigenvalue weighted by molar-refractivity contribution is -0.0242. The molecule has 1 aliphatic heterocycles. The molecule has 0 aromatic heterocycles. The van der Waals surface area contributed by atoms with Crippen molar-refractivity contribution in [2.24, 2.45) is 16.5 Å². The molecule has 13 heavy (non-hydrogen) atoms. The molecular formula is C10H19NO2. The van der Waals surface area contributed by atoms with Gasteiger partial charge >= 0.3 is 0 Å². The van der Waals surface area contributed by atoms with Gasteiger partial charge in [0.15, 0.2) is 6.10 Å². The van der Waals surface area contributed by atoms with Gasteiger partial charge in [0.25, 0.3) is 0 Å². The maximum atomic E-state index is 9.41. The molecule has 1 rings (SSSR count). The van der Waals surface area contributed by atoms with Crippen molar-refractivity contribution in [3.8, 4) is 0 Å². The van der Waals surface area contributed by atoms with E-state index in [-0.39, 0.29) is 17.4 Å². The topological polar surface area (TPSA) is 41.8 Å². The first-order chi connectivity index (χ1) is 5.84. The summed E-state index contributed by atoms with van der Waals surface area (Å²) in [4.78, 5) is 5.20. The summed E-state index contributed by atoms with van der Waals surface area (Å²) >= 11 is 0. The van der Waals surface area contributed by atoms with Crippen LogP contribution in [-0.2, 0) is 4.84 Å². The van der Waals surface area contributed by atoms with Crippen LogP contribution >= 0.6 is 0 Å². The van der Waals surface area contributed by atoms with Crippen LogP contribution < -0.4 is 0 Å². The smallest absolute Gasteiger partial charge is 0.160 e. The molecule has 0 saturated heterocycles. The second-order valence-corrected chi connectivity index (χ2v) is 4.83. The van der Waals surface area contributed by atoms with Crippen LogP contribution in [0.25, 0.3) is 0 Å². The van der Waals surface area contributed by atoms with Gasteiger partial charge in [0.1, 0.15) is 0 Å². The van der Waals surface area contributed by atoms with Crippen molar-refractivity contribution in [3.05, 3.63) is 0 Å². The number of oxime groups is 1. The Morgan fingerprint density at radius 3 is 2.23 bits per heavy atom. The molecule has 0 radical (unpaired) electrons. The van der Waals surface area contributed by atoms with E-state index in [4.69, 9.17) is 4.84 Å². The number of hydrogen-bond acceptors (Lipinski definition) is 3. The molecule has 0 unspecified atom stereocenters. The van der Waals surface area contributed by atoms with Crippen molar-refractivity contribution in [1.82, 2.24) is 0 Å². The number of nitrogens with zero attached hydrogens (tertiary/aromatic N) is 1. The fourth-order valence-corrected chi connectivity index (χ4v) is 1.77. The van der Waals surface area contributed by atoms with Crippen molar-refractivity contribution in [2.45, 2.75) is 46.8 Å². The Kier molecular flexibility index (Phi) is 2.66. The number of rotatable bonds is 1. The molecule has 1 N–H and O–H groups in total. The molecule has 0 aromatic rings.